The third kappa shape index (κ3) is 1.78. The fraction of sp³-hybridized carbons (Fsp3) is 0.214. The number of benzene rings is 1. The lowest BCUT2D eigenvalue weighted by Crippen LogP contribution is -2.14. The Morgan fingerprint density at radius 1 is 1.18 bits per heavy atom. The van der Waals surface area contributed by atoms with Gasteiger partial charge in [-0.3, -0.25) is 0 Å². The highest BCUT2D eigenvalue weighted by molar-refractivity contribution is 5.67. The maximum absolute atomic E-state index is 9.00. The molecule has 1 aromatic heterocycles. The van der Waals surface area contributed by atoms with Gasteiger partial charge >= 0.3 is 0 Å². The number of para-hydroxylation sites is 1. The third-order valence-corrected chi connectivity index (χ3v) is 3.16. The van der Waals surface area contributed by atoms with Crippen LogP contribution in [0.25, 0.3) is 0 Å². The summed E-state index contributed by atoms with van der Waals surface area (Å²) in [5, 5.41) is 9.00. The maximum Gasteiger partial charge on any atom is 0.132 e. The van der Waals surface area contributed by atoms with Crippen LogP contribution in [0.2, 0.25) is 0 Å². The third-order valence-electron chi connectivity index (χ3n) is 3.16. The van der Waals surface area contributed by atoms with Gasteiger partial charge in [-0.15, -0.1) is 0 Å². The zero-order valence-electron chi connectivity index (χ0n) is 9.50. The van der Waals surface area contributed by atoms with E-state index in [2.05, 4.69) is 34.1 Å². The minimum absolute atomic E-state index is 0.0455. The summed E-state index contributed by atoms with van der Waals surface area (Å²) in [4.78, 5) is 6.62. The SMILES string of the molecule is OCc1ccc(N2CCc3ccccc32)nc1. The predicted octanol–water partition coefficient (Wildman–Crippen LogP) is 2.27. The highest BCUT2D eigenvalue weighted by Gasteiger charge is 2.20. The molecule has 1 aliphatic heterocycles. The Morgan fingerprint density at radius 3 is 2.82 bits per heavy atom. The Morgan fingerprint density at radius 2 is 2.06 bits per heavy atom. The van der Waals surface area contributed by atoms with E-state index < -0.39 is 0 Å². The molecule has 0 fully saturated rings. The van der Waals surface area contributed by atoms with Crippen LogP contribution in [-0.4, -0.2) is 16.6 Å². The van der Waals surface area contributed by atoms with Gasteiger partial charge in [0.25, 0.3) is 0 Å². The normalized spacial score (nSPS) is 13.8. The second-order valence-corrected chi connectivity index (χ2v) is 4.21. The van der Waals surface area contributed by atoms with E-state index in [9.17, 15) is 0 Å². The molecule has 0 amide bonds. The van der Waals surface area contributed by atoms with E-state index in [1.54, 1.807) is 6.20 Å². The number of aromatic nitrogens is 1. The Labute approximate surface area is 100 Å². The van der Waals surface area contributed by atoms with E-state index >= 15 is 0 Å². The summed E-state index contributed by atoms with van der Waals surface area (Å²) in [7, 11) is 0. The van der Waals surface area contributed by atoms with Gasteiger partial charge in [0.05, 0.1) is 6.61 Å². The van der Waals surface area contributed by atoms with E-state index in [0.717, 1.165) is 24.3 Å². The molecule has 0 saturated carbocycles. The summed E-state index contributed by atoms with van der Waals surface area (Å²) in [5.74, 6) is 0.951. The van der Waals surface area contributed by atoms with Crippen molar-refractivity contribution in [3.63, 3.8) is 0 Å². The lowest BCUT2D eigenvalue weighted by molar-refractivity contribution is 0.281. The van der Waals surface area contributed by atoms with Crippen molar-refractivity contribution in [1.82, 2.24) is 4.98 Å². The second-order valence-electron chi connectivity index (χ2n) is 4.21. The monoisotopic (exact) mass is 226 g/mol. The topological polar surface area (TPSA) is 36.4 Å². The fourth-order valence-corrected chi connectivity index (χ4v) is 2.25. The smallest absolute Gasteiger partial charge is 0.132 e. The van der Waals surface area contributed by atoms with E-state index in [0.29, 0.717) is 0 Å². The summed E-state index contributed by atoms with van der Waals surface area (Å²) in [6.45, 7) is 1.02. The molecule has 0 radical (unpaired) electrons. The van der Waals surface area contributed by atoms with Gasteiger partial charge in [-0.1, -0.05) is 24.3 Å². The summed E-state index contributed by atoms with van der Waals surface area (Å²) in [6.07, 6.45) is 2.80. The highest BCUT2D eigenvalue weighted by Crippen LogP contribution is 2.32. The van der Waals surface area contributed by atoms with Crippen molar-refractivity contribution in [2.75, 3.05) is 11.4 Å². The summed E-state index contributed by atoms with van der Waals surface area (Å²) in [6, 6.07) is 12.3. The molecule has 3 rings (SSSR count). The number of nitrogens with zero attached hydrogens (tertiary/aromatic N) is 2. The Bertz CT molecular complexity index is 522. The zero-order chi connectivity index (χ0) is 11.7. The number of hydrogen-bond donors (Lipinski definition) is 1. The lowest BCUT2D eigenvalue weighted by Gasteiger charge is -2.18. The Kier molecular flexibility index (Phi) is 2.53. The molecule has 3 nitrogen and oxygen atoms in total. The zero-order valence-corrected chi connectivity index (χ0v) is 9.50. The number of hydrogen-bond acceptors (Lipinski definition) is 3. The number of aliphatic hydroxyl groups is 1. The summed E-state index contributed by atoms with van der Waals surface area (Å²) >= 11 is 0. The highest BCUT2D eigenvalue weighted by atomic mass is 16.3. The standard InChI is InChI=1S/C14H14N2O/c17-10-11-5-6-14(15-9-11)16-8-7-12-3-1-2-4-13(12)16/h1-6,9,17H,7-8,10H2. The second kappa shape index (κ2) is 4.18. The molecule has 0 bridgehead atoms. The van der Waals surface area contributed by atoms with E-state index in [1.807, 2.05) is 12.1 Å². The molecule has 86 valence electrons. The van der Waals surface area contributed by atoms with Gasteiger partial charge in [0.2, 0.25) is 0 Å². The molecule has 0 aliphatic carbocycles. The van der Waals surface area contributed by atoms with Gasteiger partial charge in [-0.05, 0) is 29.7 Å². The molecule has 17 heavy (non-hydrogen) atoms. The molecule has 0 atom stereocenters. The molecule has 0 spiro atoms. The number of pyridine rings is 1. The molecular formula is C14H14N2O. The van der Waals surface area contributed by atoms with Gasteiger partial charge < -0.3 is 10.0 Å². The fourth-order valence-electron chi connectivity index (χ4n) is 2.25. The van der Waals surface area contributed by atoms with Gasteiger partial charge in [0.15, 0.2) is 0 Å². The average Bonchev–Trinajstić information content (AvgIpc) is 2.83. The first kappa shape index (κ1) is 10.3. The van der Waals surface area contributed by atoms with Crippen LogP contribution in [0.4, 0.5) is 11.5 Å². The van der Waals surface area contributed by atoms with Crippen LogP contribution < -0.4 is 4.90 Å². The number of anilines is 2. The first-order valence-electron chi connectivity index (χ1n) is 5.80. The van der Waals surface area contributed by atoms with Crippen LogP contribution in [0.1, 0.15) is 11.1 Å². The van der Waals surface area contributed by atoms with Crippen LogP contribution >= 0.6 is 0 Å². The Balaban J connectivity index is 1.95. The maximum atomic E-state index is 9.00. The van der Waals surface area contributed by atoms with Crippen LogP contribution in [0.5, 0.6) is 0 Å². The molecule has 2 heterocycles. The van der Waals surface area contributed by atoms with Gasteiger partial charge in [-0.2, -0.15) is 0 Å². The number of rotatable bonds is 2. The predicted molar refractivity (Wildman–Crippen MR) is 67.3 cm³/mol. The number of fused-ring (bicyclic) bond motifs is 1. The average molecular weight is 226 g/mol. The van der Waals surface area contributed by atoms with Crippen molar-refractivity contribution in [3.8, 4) is 0 Å². The molecule has 2 aromatic rings. The van der Waals surface area contributed by atoms with Crippen molar-refractivity contribution in [2.24, 2.45) is 0 Å². The van der Waals surface area contributed by atoms with E-state index in [4.69, 9.17) is 5.11 Å². The van der Waals surface area contributed by atoms with Gasteiger partial charge in [-0.25, -0.2) is 4.98 Å². The van der Waals surface area contributed by atoms with Crippen molar-refractivity contribution >= 4 is 11.5 Å². The van der Waals surface area contributed by atoms with E-state index in [1.165, 1.54) is 11.3 Å². The minimum Gasteiger partial charge on any atom is -0.392 e. The summed E-state index contributed by atoms with van der Waals surface area (Å²) < 4.78 is 0. The van der Waals surface area contributed by atoms with Crippen LogP contribution in [0.3, 0.4) is 0 Å². The van der Waals surface area contributed by atoms with Crippen LogP contribution in [0, 0.1) is 0 Å². The number of aliphatic hydroxyl groups excluding tert-OH is 1. The summed E-state index contributed by atoms with van der Waals surface area (Å²) in [5.41, 5.74) is 3.47. The lowest BCUT2D eigenvalue weighted by atomic mass is 10.2. The van der Waals surface area contributed by atoms with Crippen molar-refractivity contribution in [2.45, 2.75) is 13.0 Å². The minimum atomic E-state index is 0.0455. The van der Waals surface area contributed by atoms with Crippen molar-refractivity contribution in [1.29, 1.82) is 0 Å². The van der Waals surface area contributed by atoms with E-state index in [-0.39, 0.29) is 6.61 Å². The largest absolute Gasteiger partial charge is 0.392 e. The molecule has 1 aromatic carbocycles. The van der Waals surface area contributed by atoms with Crippen molar-refractivity contribution in [3.05, 3.63) is 53.7 Å². The Hall–Kier alpha value is -1.87. The first-order valence-corrected chi connectivity index (χ1v) is 5.80. The van der Waals surface area contributed by atoms with Gasteiger partial charge in [0.1, 0.15) is 5.82 Å². The van der Waals surface area contributed by atoms with Crippen molar-refractivity contribution < 1.29 is 5.11 Å². The van der Waals surface area contributed by atoms with Crippen LogP contribution in [0.15, 0.2) is 42.6 Å². The molecule has 3 heteroatoms. The first-order chi connectivity index (χ1) is 8.38. The van der Waals surface area contributed by atoms with Crippen LogP contribution in [-0.2, 0) is 13.0 Å². The molecule has 0 saturated heterocycles. The quantitative estimate of drug-likeness (QED) is 0.853. The molecule has 1 aliphatic rings. The molecule has 1 N–H and O–H groups in total. The molecule has 0 unspecified atom stereocenters. The van der Waals surface area contributed by atoms with Gasteiger partial charge in [0, 0.05) is 18.4 Å². The molecular weight excluding hydrogens is 212 g/mol.